The lowest BCUT2D eigenvalue weighted by atomic mass is 10.2. The van der Waals surface area contributed by atoms with Crippen molar-refractivity contribution < 1.29 is 47.6 Å². The quantitative estimate of drug-likeness (QED) is 0.101. The van der Waals surface area contributed by atoms with Crippen molar-refractivity contribution in [2.45, 2.75) is 0 Å². The van der Waals surface area contributed by atoms with Gasteiger partial charge in [0.1, 0.15) is 34.5 Å². The van der Waals surface area contributed by atoms with Crippen molar-refractivity contribution in [1.29, 1.82) is 0 Å². The molecule has 0 heterocycles. The van der Waals surface area contributed by atoms with Crippen LogP contribution in [0.4, 0.5) is 0 Å². The molecule has 0 atom stereocenters. The molecule has 0 unspecified atom stereocenters. The molecule has 0 fully saturated rings. The van der Waals surface area contributed by atoms with Gasteiger partial charge >= 0.3 is 23.9 Å². The van der Waals surface area contributed by atoms with Gasteiger partial charge in [0, 0.05) is 0 Å². The number of esters is 4. The zero-order valence-electron chi connectivity index (χ0n) is 28.1. The second-order valence-corrected chi connectivity index (χ2v) is 10.7. The van der Waals surface area contributed by atoms with E-state index in [9.17, 15) is 19.2 Å². The molecule has 6 rings (SSSR count). The first-order valence-corrected chi connectivity index (χ1v) is 15.8. The molecule has 0 N–H and O–H groups in total. The van der Waals surface area contributed by atoms with E-state index >= 15 is 0 Å². The standard InChI is InChI=1S/C26H18O5.C16H14O5/c27-25(30-21-7-3-1-4-8-21)19-11-15-23(16-12-19)29-24-17-13-20(14-18-24)26(28)31-22-9-5-2-6-10-22;1-19-15(17)11-3-7-13(8-4-11)21-14-9-5-12(6-10-14)16(18)20-2/h1-18H;3-10H,1-2H3. The lowest BCUT2D eigenvalue weighted by molar-refractivity contribution is 0.0592. The average Bonchev–Trinajstić information content (AvgIpc) is 3.19. The molecular weight excluding hydrogens is 664 g/mol. The first kappa shape index (κ1) is 36.1. The molecule has 0 amide bonds. The van der Waals surface area contributed by atoms with Gasteiger partial charge in [-0.3, -0.25) is 0 Å². The smallest absolute Gasteiger partial charge is 0.343 e. The molecule has 0 aliphatic heterocycles. The number of benzene rings is 6. The van der Waals surface area contributed by atoms with Crippen molar-refractivity contribution in [3.05, 3.63) is 180 Å². The van der Waals surface area contributed by atoms with Crippen LogP contribution in [-0.2, 0) is 9.47 Å². The topological polar surface area (TPSA) is 124 Å². The van der Waals surface area contributed by atoms with E-state index in [1.54, 1.807) is 146 Å². The molecule has 6 aromatic carbocycles. The molecule has 10 nitrogen and oxygen atoms in total. The van der Waals surface area contributed by atoms with Crippen LogP contribution in [0.3, 0.4) is 0 Å². The molecule has 0 aromatic heterocycles. The Morgan fingerprint density at radius 1 is 0.308 bits per heavy atom. The van der Waals surface area contributed by atoms with Gasteiger partial charge in [0.2, 0.25) is 0 Å². The Bertz CT molecular complexity index is 1920. The summed E-state index contributed by atoms with van der Waals surface area (Å²) >= 11 is 0. The maximum atomic E-state index is 12.2. The highest BCUT2D eigenvalue weighted by Gasteiger charge is 2.11. The molecule has 0 spiro atoms. The molecule has 260 valence electrons. The van der Waals surface area contributed by atoms with Gasteiger partial charge in [-0.2, -0.15) is 0 Å². The lowest BCUT2D eigenvalue weighted by Gasteiger charge is -2.08. The summed E-state index contributed by atoms with van der Waals surface area (Å²) in [6.45, 7) is 0. The summed E-state index contributed by atoms with van der Waals surface area (Å²) in [4.78, 5) is 47.0. The number of ether oxygens (including phenoxy) is 6. The van der Waals surface area contributed by atoms with Crippen molar-refractivity contribution in [1.82, 2.24) is 0 Å². The molecular formula is C42H32O10. The molecule has 0 bridgehead atoms. The van der Waals surface area contributed by atoms with Gasteiger partial charge in [0.05, 0.1) is 36.5 Å². The Morgan fingerprint density at radius 3 is 0.808 bits per heavy atom. The van der Waals surface area contributed by atoms with E-state index in [1.807, 2.05) is 12.1 Å². The summed E-state index contributed by atoms with van der Waals surface area (Å²) in [5.41, 5.74) is 1.72. The van der Waals surface area contributed by atoms with E-state index in [4.69, 9.17) is 18.9 Å². The fourth-order valence-electron chi connectivity index (χ4n) is 4.45. The highest BCUT2D eigenvalue weighted by atomic mass is 16.5. The van der Waals surface area contributed by atoms with E-state index in [-0.39, 0.29) is 0 Å². The minimum atomic E-state index is -0.445. The van der Waals surface area contributed by atoms with Gasteiger partial charge in [-0.25, -0.2) is 19.2 Å². The summed E-state index contributed by atoms with van der Waals surface area (Å²) in [6.07, 6.45) is 0. The molecule has 10 heteroatoms. The number of carbonyl (C=O) groups excluding carboxylic acids is 4. The van der Waals surface area contributed by atoms with Gasteiger partial charge in [-0.05, 0) is 121 Å². The predicted octanol–water partition coefficient (Wildman–Crippen LogP) is 8.97. The van der Waals surface area contributed by atoms with Crippen molar-refractivity contribution in [3.8, 4) is 34.5 Å². The van der Waals surface area contributed by atoms with Gasteiger partial charge in [-0.15, -0.1) is 0 Å². The number of rotatable bonds is 10. The molecule has 52 heavy (non-hydrogen) atoms. The van der Waals surface area contributed by atoms with Gasteiger partial charge < -0.3 is 28.4 Å². The van der Waals surface area contributed by atoms with Crippen LogP contribution >= 0.6 is 0 Å². The SMILES string of the molecule is COC(=O)c1ccc(Oc2ccc(C(=O)OC)cc2)cc1.O=C(Oc1ccccc1)c1ccc(Oc2ccc(C(=O)Oc3ccccc3)cc2)cc1. The van der Waals surface area contributed by atoms with Crippen LogP contribution in [0.2, 0.25) is 0 Å². The third kappa shape index (κ3) is 10.4. The molecule has 0 aliphatic rings. The molecule has 0 saturated carbocycles. The average molecular weight is 697 g/mol. The zero-order chi connectivity index (χ0) is 36.7. The number of hydrogen-bond donors (Lipinski definition) is 0. The monoisotopic (exact) mass is 696 g/mol. The lowest BCUT2D eigenvalue weighted by Crippen LogP contribution is -2.08. The van der Waals surface area contributed by atoms with Crippen LogP contribution in [0.1, 0.15) is 41.4 Å². The van der Waals surface area contributed by atoms with Crippen molar-refractivity contribution in [2.24, 2.45) is 0 Å². The van der Waals surface area contributed by atoms with Crippen LogP contribution in [-0.4, -0.2) is 38.1 Å². The first-order valence-electron chi connectivity index (χ1n) is 15.8. The number of hydrogen-bond acceptors (Lipinski definition) is 10. The zero-order valence-corrected chi connectivity index (χ0v) is 28.1. The number of methoxy groups -OCH3 is 2. The minimum absolute atomic E-state index is 0.399. The van der Waals surface area contributed by atoms with Crippen LogP contribution in [0.15, 0.2) is 158 Å². The summed E-state index contributed by atoms with van der Waals surface area (Å²) in [5, 5.41) is 0. The summed E-state index contributed by atoms with van der Waals surface area (Å²) in [7, 11) is 2.66. The normalized spacial score (nSPS) is 10.0. The fourth-order valence-corrected chi connectivity index (χ4v) is 4.45. The summed E-state index contributed by atoms with van der Waals surface area (Å²) in [6, 6.07) is 44.1. The molecule has 0 radical (unpaired) electrons. The Labute approximate surface area is 299 Å². The van der Waals surface area contributed by atoms with Gasteiger partial charge in [-0.1, -0.05) is 36.4 Å². The maximum Gasteiger partial charge on any atom is 0.343 e. The van der Waals surface area contributed by atoms with Gasteiger partial charge in [0.15, 0.2) is 0 Å². The minimum Gasteiger partial charge on any atom is -0.465 e. The largest absolute Gasteiger partial charge is 0.465 e. The second-order valence-electron chi connectivity index (χ2n) is 10.7. The van der Waals surface area contributed by atoms with E-state index in [2.05, 4.69) is 9.47 Å². The van der Waals surface area contributed by atoms with Gasteiger partial charge in [0.25, 0.3) is 0 Å². The number of para-hydroxylation sites is 2. The van der Waals surface area contributed by atoms with Crippen molar-refractivity contribution in [2.75, 3.05) is 14.2 Å². The van der Waals surface area contributed by atoms with Crippen molar-refractivity contribution >= 4 is 23.9 Å². The van der Waals surface area contributed by atoms with Crippen LogP contribution in [0.5, 0.6) is 34.5 Å². The summed E-state index contributed by atoms with van der Waals surface area (Å²) < 4.78 is 31.3. The van der Waals surface area contributed by atoms with Crippen LogP contribution in [0, 0.1) is 0 Å². The Morgan fingerprint density at radius 2 is 0.558 bits per heavy atom. The Hall–Kier alpha value is -7.20. The van der Waals surface area contributed by atoms with E-state index < -0.39 is 23.9 Å². The third-order valence-corrected chi connectivity index (χ3v) is 7.11. The Kier molecular flexibility index (Phi) is 12.5. The Balaban J connectivity index is 0.000000217. The van der Waals surface area contributed by atoms with Crippen LogP contribution in [0.25, 0.3) is 0 Å². The first-order chi connectivity index (χ1) is 25.3. The number of carbonyl (C=O) groups is 4. The molecule has 0 aliphatic carbocycles. The molecule has 0 saturated heterocycles. The third-order valence-electron chi connectivity index (χ3n) is 7.11. The highest BCUT2D eigenvalue weighted by Crippen LogP contribution is 2.24. The van der Waals surface area contributed by atoms with Crippen LogP contribution < -0.4 is 18.9 Å². The maximum absolute atomic E-state index is 12.2. The molecule has 6 aromatic rings. The summed E-state index contributed by atoms with van der Waals surface area (Å²) in [5.74, 6) is 1.54. The van der Waals surface area contributed by atoms with Crippen molar-refractivity contribution in [3.63, 3.8) is 0 Å². The predicted molar refractivity (Wildman–Crippen MR) is 191 cm³/mol. The second kappa shape index (κ2) is 18.0. The van der Waals surface area contributed by atoms with E-state index in [1.165, 1.54) is 14.2 Å². The highest BCUT2D eigenvalue weighted by molar-refractivity contribution is 5.92. The van der Waals surface area contributed by atoms with E-state index in [0.29, 0.717) is 56.8 Å². The fraction of sp³-hybridized carbons (Fsp3) is 0.0476. The van der Waals surface area contributed by atoms with E-state index in [0.717, 1.165) is 0 Å².